The van der Waals surface area contributed by atoms with Crippen LogP contribution in [0.2, 0.25) is 0 Å². The normalized spacial score (nSPS) is 11.8. The summed E-state index contributed by atoms with van der Waals surface area (Å²) < 4.78 is 4.49. The van der Waals surface area contributed by atoms with E-state index in [9.17, 15) is 0 Å². The second kappa shape index (κ2) is 12.7. The molecule has 6 aromatic heterocycles. The zero-order valence-corrected chi connectivity index (χ0v) is 30.9. The van der Waals surface area contributed by atoms with Gasteiger partial charge in [0.15, 0.2) is 11.6 Å². The molecule has 12 aromatic rings. The molecule has 8 heteroatoms. The Bertz CT molecular complexity index is 3470. The molecule has 0 fully saturated rings. The van der Waals surface area contributed by atoms with Crippen molar-refractivity contribution in [2.45, 2.75) is 0 Å². The van der Waals surface area contributed by atoms with E-state index in [4.69, 9.17) is 19.9 Å². The first-order chi connectivity index (χ1) is 28.8. The standard InChI is InChI=1S/C50H30N8/c1-4-22-41-35(17-1)36-25-26-44-45(46(36)49-53-40-21-3-6-24-43(40)57(41)49)37-18-2-5-23-42(37)58(44)50-55-47(33-15-11-13-31(29-33)38-19-7-9-27-51-38)54-48(56-50)34-16-12-14-32(30-34)39-20-8-10-28-52-39/h1-30H. The van der Waals surface area contributed by atoms with E-state index in [2.05, 4.69) is 128 Å². The van der Waals surface area contributed by atoms with Crippen molar-refractivity contribution in [3.8, 4) is 51.2 Å². The Morgan fingerprint density at radius 2 is 0.948 bits per heavy atom. The Balaban J connectivity index is 1.17. The summed E-state index contributed by atoms with van der Waals surface area (Å²) in [5, 5.41) is 5.57. The number of rotatable bonds is 5. The lowest BCUT2D eigenvalue weighted by molar-refractivity contribution is 0.953. The zero-order valence-electron chi connectivity index (χ0n) is 30.9. The lowest BCUT2D eigenvalue weighted by atomic mass is 10.0. The van der Waals surface area contributed by atoms with Crippen LogP contribution >= 0.6 is 0 Å². The van der Waals surface area contributed by atoms with Gasteiger partial charge in [-0.05, 0) is 72.1 Å². The fraction of sp³-hybridized carbons (Fsp3) is 0. The highest BCUT2D eigenvalue weighted by molar-refractivity contribution is 6.29. The van der Waals surface area contributed by atoms with Crippen LogP contribution in [0.3, 0.4) is 0 Å². The first-order valence-electron chi connectivity index (χ1n) is 19.2. The van der Waals surface area contributed by atoms with Crippen LogP contribution in [0, 0.1) is 0 Å². The molecule has 6 heterocycles. The molecule has 270 valence electrons. The monoisotopic (exact) mass is 742 g/mol. The summed E-state index contributed by atoms with van der Waals surface area (Å²) in [4.78, 5) is 30.3. The Hall–Kier alpha value is -8.10. The molecule has 0 unspecified atom stereocenters. The van der Waals surface area contributed by atoms with Crippen molar-refractivity contribution >= 4 is 60.2 Å². The predicted octanol–water partition coefficient (Wildman–Crippen LogP) is 11.5. The Labute approximate surface area is 331 Å². The van der Waals surface area contributed by atoms with Crippen molar-refractivity contribution in [2.75, 3.05) is 0 Å². The minimum absolute atomic E-state index is 0.516. The molecule has 0 aliphatic carbocycles. The molecule has 0 spiro atoms. The average molecular weight is 743 g/mol. The Kier molecular flexibility index (Phi) is 7.06. The summed E-state index contributed by atoms with van der Waals surface area (Å²) in [5.74, 6) is 1.63. The third kappa shape index (κ3) is 4.95. The highest BCUT2D eigenvalue weighted by Gasteiger charge is 2.23. The lowest BCUT2D eigenvalue weighted by Gasteiger charge is -2.13. The van der Waals surface area contributed by atoms with Gasteiger partial charge in [0.2, 0.25) is 5.95 Å². The summed E-state index contributed by atoms with van der Waals surface area (Å²) in [6, 6.07) is 58.2. The van der Waals surface area contributed by atoms with Crippen LogP contribution in [-0.2, 0) is 0 Å². The number of benzene rings is 6. The van der Waals surface area contributed by atoms with E-state index < -0.39 is 0 Å². The Morgan fingerprint density at radius 3 is 1.62 bits per heavy atom. The maximum Gasteiger partial charge on any atom is 0.238 e. The van der Waals surface area contributed by atoms with E-state index in [1.807, 2.05) is 73.1 Å². The number of fused-ring (bicyclic) bond motifs is 12. The molecule has 58 heavy (non-hydrogen) atoms. The van der Waals surface area contributed by atoms with Gasteiger partial charge in [-0.3, -0.25) is 18.9 Å². The molecule has 12 rings (SSSR count). The summed E-state index contributed by atoms with van der Waals surface area (Å²) in [7, 11) is 0. The maximum absolute atomic E-state index is 5.31. The second-order valence-corrected chi connectivity index (χ2v) is 14.4. The number of imidazole rings is 1. The summed E-state index contributed by atoms with van der Waals surface area (Å²) in [6.45, 7) is 0. The van der Waals surface area contributed by atoms with Crippen LogP contribution in [0.1, 0.15) is 0 Å². The molecule has 0 atom stereocenters. The maximum atomic E-state index is 5.31. The molecule has 0 radical (unpaired) electrons. The third-order valence-corrected chi connectivity index (χ3v) is 11.0. The van der Waals surface area contributed by atoms with Crippen molar-refractivity contribution in [1.29, 1.82) is 0 Å². The molecule has 0 amide bonds. The predicted molar refractivity (Wildman–Crippen MR) is 233 cm³/mol. The molecule has 0 bridgehead atoms. The van der Waals surface area contributed by atoms with E-state index in [-0.39, 0.29) is 0 Å². The summed E-state index contributed by atoms with van der Waals surface area (Å²) in [6.07, 6.45) is 3.62. The first-order valence-corrected chi connectivity index (χ1v) is 19.2. The van der Waals surface area contributed by atoms with E-state index in [0.717, 1.165) is 93.8 Å². The van der Waals surface area contributed by atoms with Gasteiger partial charge in [0.05, 0.1) is 39.0 Å². The van der Waals surface area contributed by atoms with E-state index in [1.54, 1.807) is 0 Å². The molecule has 0 aliphatic heterocycles. The van der Waals surface area contributed by atoms with Crippen LogP contribution in [-0.4, -0.2) is 38.9 Å². The number of pyridine rings is 3. The zero-order chi connectivity index (χ0) is 38.2. The molecule has 0 saturated carbocycles. The van der Waals surface area contributed by atoms with Gasteiger partial charge in [-0.1, -0.05) is 103 Å². The highest BCUT2D eigenvalue weighted by Crippen LogP contribution is 2.42. The number of hydrogen-bond acceptors (Lipinski definition) is 6. The number of hydrogen-bond donors (Lipinski definition) is 0. The summed E-state index contributed by atoms with van der Waals surface area (Å²) >= 11 is 0. The minimum atomic E-state index is 0.516. The number of aromatic nitrogens is 8. The lowest BCUT2D eigenvalue weighted by Crippen LogP contribution is -2.06. The average Bonchev–Trinajstić information content (AvgIpc) is 3.86. The molecule has 0 saturated heterocycles. The van der Waals surface area contributed by atoms with Crippen molar-refractivity contribution in [2.24, 2.45) is 0 Å². The molecular weight excluding hydrogens is 713 g/mol. The summed E-state index contributed by atoms with van der Waals surface area (Å²) in [5.41, 5.74) is 11.4. The van der Waals surface area contributed by atoms with Crippen LogP contribution in [0.25, 0.3) is 111 Å². The third-order valence-electron chi connectivity index (χ3n) is 11.0. The van der Waals surface area contributed by atoms with Crippen molar-refractivity contribution in [3.05, 3.63) is 182 Å². The van der Waals surface area contributed by atoms with Gasteiger partial charge in [0.25, 0.3) is 0 Å². The van der Waals surface area contributed by atoms with Gasteiger partial charge in [0, 0.05) is 56.2 Å². The van der Waals surface area contributed by atoms with Gasteiger partial charge in [-0.15, -0.1) is 0 Å². The first kappa shape index (κ1) is 32.2. The van der Waals surface area contributed by atoms with Gasteiger partial charge in [0.1, 0.15) is 5.65 Å². The molecular formula is C50H30N8. The van der Waals surface area contributed by atoms with Gasteiger partial charge in [-0.25, -0.2) is 9.97 Å². The Morgan fingerprint density at radius 1 is 0.362 bits per heavy atom. The molecule has 8 nitrogen and oxygen atoms in total. The van der Waals surface area contributed by atoms with E-state index in [0.29, 0.717) is 17.6 Å². The fourth-order valence-electron chi connectivity index (χ4n) is 8.49. The van der Waals surface area contributed by atoms with Crippen LogP contribution in [0.5, 0.6) is 0 Å². The largest absolute Gasteiger partial charge is 0.292 e. The van der Waals surface area contributed by atoms with E-state index in [1.165, 1.54) is 0 Å². The molecule has 6 aromatic carbocycles. The molecule has 0 N–H and O–H groups in total. The smallest absolute Gasteiger partial charge is 0.238 e. The number of para-hydroxylation sites is 4. The van der Waals surface area contributed by atoms with Crippen molar-refractivity contribution in [1.82, 2.24) is 38.9 Å². The number of nitrogens with zero attached hydrogens (tertiary/aromatic N) is 8. The topological polar surface area (TPSA) is 86.7 Å². The second-order valence-electron chi connectivity index (χ2n) is 14.4. The van der Waals surface area contributed by atoms with Crippen LogP contribution < -0.4 is 0 Å². The van der Waals surface area contributed by atoms with Gasteiger partial charge >= 0.3 is 0 Å². The van der Waals surface area contributed by atoms with Crippen molar-refractivity contribution < 1.29 is 0 Å². The van der Waals surface area contributed by atoms with Gasteiger partial charge in [-0.2, -0.15) is 9.97 Å². The van der Waals surface area contributed by atoms with Gasteiger partial charge < -0.3 is 0 Å². The molecule has 0 aliphatic rings. The quantitative estimate of drug-likeness (QED) is 0.163. The fourth-order valence-corrected chi connectivity index (χ4v) is 8.49. The highest BCUT2D eigenvalue weighted by atomic mass is 15.2. The van der Waals surface area contributed by atoms with Crippen LogP contribution in [0.15, 0.2) is 182 Å². The van der Waals surface area contributed by atoms with E-state index >= 15 is 0 Å². The SMILES string of the molecule is c1ccc(-c2cccc(-c3nc(-c4cccc(-c5ccccn5)c4)nc(-n4c5ccccc5c5c6c(ccc54)c4ccccc4n4c5ccccc5nc64)n3)c2)nc1. The minimum Gasteiger partial charge on any atom is -0.292 e. The van der Waals surface area contributed by atoms with Crippen molar-refractivity contribution in [3.63, 3.8) is 0 Å². The van der Waals surface area contributed by atoms with Crippen LogP contribution in [0.4, 0.5) is 0 Å².